The first-order valence-electron chi connectivity index (χ1n) is 8.79. The van der Waals surface area contributed by atoms with Crippen LogP contribution in [0.4, 0.5) is 0 Å². The first-order valence-corrected chi connectivity index (χ1v) is 8.79. The van der Waals surface area contributed by atoms with Crippen LogP contribution in [0.15, 0.2) is 24.3 Å². The minimum atomic E-state index is -0.941. The van der Waals surface area contributed by atoms with Crippen molar-refractivity contribution in [2.75, 3.05) is 19.8 Å². The van der Waals surface area contributed by atoms with Crippen LogP contribution in [0.3, 0.4) is 0 Å². The summed E-state index contributed by atoms with van der Waals surface area (Å²) >= 11 is 0. The molecule has 1 heterocycles. The fraction of sp³-hybridized carbons (Fsp3) is 0.579. The van der Waals surface area contributed by atoms with Gasteiger partial charge in [0.25, 0.3) is 0 Å². The Bertz CT molecular complexity index is 595. The number of carboxylic acids is 1. The van der Waals surface area contributed by atoms with E-state index in [0.717, 1.165) is 32.1 Å². The molecular formula is C19H25NO4. The lowest BCUT2D eigenvalue weighted by Crippen LogP contribution is -2.46. The zero-order chi connectivity index (χ0) is 16.9. The van der Waals surface area contributed by atoms with Gasteiger partial charge in [0.2, 0.25) is 5.91 Å². The van der Waals surface area contributed by atoms with Crippen LogP contribution in [0.2, 0.25) is 0 Å². The number of aliphatic carboxylic acids is 1. The average molecular weight is 331 g/mol. The maximum Gasteiger partial charge on any atom is 0.323 e. The highest BCUT2D eigenvalue weighted by Gasteiger charge is 2.30. The Labute approximate surface area is 142 Å². The normalized spacial score (nSPS) is 21.1. The molecular weight excluding hydrogens is 306 g/mol. The standard InChI is InChI=1S/C19H25NO4/c21-18(20(13-19(22)23)17-7-9-24-10-8-17)12-14-5-6-15-3-1-2-4-16(15)11-14/h1-4,14,17H,5-13H2,(H,22,23). The Balaban J connectivity index is 1.64. The predicted octanol–water partition coefficient (Wildman–Crippen LogP) is 2.27. The average Bonchev–Trinajstić information content (AvgIpc) is 2.60. The molecule has 130 valence electrons. The van der Waals surface area contributed by atoms with Gasteiger partial charge in [-0.25, -0.2) is 0 Å². The summed E-state index contributed by atoms with van der Waals surface area (Å²) in [6.07, 6.45) is 4.82. The van der Waals surface area contributed by atoms with Crippen LogP contribution < -0.4 is 0 Å². The minimum Gasteiger partial charge on any atom is -0.480 e. The molecule has 5 nitrogen and oxygen atoms in total. The second-order valence-corrected chi connectivity index (χ2v) is 6.84. The van der Waals surface area contributed by atoms with Crippen LogP contribution in [0.25, 0.3) is 0 Å². The van der Waals surface area contributed by atoms with E-state index in [1.54, 1.807) is 4.90 Å². The number of carboxylic acid groups (broad SMARTS) is 1. The van der Waals surface area contributed by atoms with Gasteiger partial charge in [0.15, 0.2) is 0 Å². The van der Waals surface area contributed by atoms with Gasteiger partial charge in [-0.1, -0.05) is 24.3 Å². The second kappa shape index (κ2) is 7.79. The lowest BCUT2D eigenvalue weighted by atomic mass is 9.82. The molecule has 5 heteroatoms. The molecule has 0 bridgehead atoms. The third kappa shape index (κ3) is 4.15. The lowest BCUT2D eigenvalue weighted by Gasteiger charge is -2.34. The van der Waals surface area contributed by atoms with Crippen molar-refractivity contribution >= 4 is 11.9 Å². The Kier molecular flexibility index (Phi) is 5.51. The highest BCUT2D eigenvalue weighted by molar-refractivity contribution is 5.81. The molecule has 1 amide bonds. The smallest absolute Gasteiger partial charge is 0.323 e. The van der Waals surface area contributed by atoms with Crippen molar-refractivity contribution in [2.45, 2.75) is 44.6 Å². The maximum absolute atomic E-state index is 12.8. The van der Waals surface area contributed by atoms with Crippen LogP contribution in [0.1, 0.15) is 36.8 Å². The van der Waals surface area contributed by atoms with Crippen LogP contribution in [-0.4, -0.2) is 47.7 Å². The van der Waals surface area contributed by atoms with Crippen molar-refractivity contribution in [1.82, 2.24) is 4.90 Å². The zero-order valence-corrected chi connectivity index (χ0v) is 13.9. The van der Waals surface area contributed by atoms with Crippen molar-refractivity contribution in [1.29, 1.82) is 0 Å². The Morgan fingerprint density at radius 2 is 1.83 bits per heavy atom. The van der Waals surface area contributed by atoms with Gasteiger partial charge in [-0.2, -0.15) is 0 Å². The van der Waals surface area contributed by atoms with Gasteiger partial charge in [0, 0.05) is 25.7 Å². The van der Waals surface area contributed by atoms with E-state index in [9.17, 15) is 14.7 Å². The fourth-order valence-corrected chi connectivity index (χ4v) is 3.88. The summed E-state index contributed by atoms with van der Waals surface area (Å²) in [6.45, 7) is 1.00. The molecule has 1 atom stereocenters. The second-order valence-electron chi connectivity index (χ2n) is 6.84. The number of rotatable bonds is 5. The molecule has 1 aliphatic carbocycles. The highest BCUT2D eigenvalue weighted by Crippen LogP contribution is 2.28. The van der Waals surface area contributed by atoms with Crippen LogP contribution in [0, 0.1) is 5.92 Å². The summed E-state index contributed by atoms with van der Waals surface area (Å²) in [6, 6.07) is 8.40. The number of fused-ring (bicyclic) bond motifs is 1. The molecule has 0 aromatic heterocycles. The largest absolute Gasteiger partial charge is 0.480 e. The number of hydrogen-bond acceptors (Lipinski definition) is 3. The van der Waals surface area contributed by atoms with Crippen LogP contribution >= 0.6 is 0 Å². The summed E-state index contributed by atoms with van der Waals surface area (Å²) in [4.78, 5) is 25.5. The van der Waals surface area contributed by atoms with Gasteiger partial charge in [0.1, 0.15) is 6.54 Å². The van der Waals surface area contributed by atoms with Crippen molar-refractivity contribution in [2.24, 2.45) is 5.92 Å². The first-order chi connectivity index (χ1) is 11.6. The molecule has 2 aliphatic rings. The topological polar surface area (TPSA) is 66.8 Å². The van der Waals surface area contributed by atoms with E-state index in [-0.39, 0.29) is 18.5 Å². The zero-order valence-electron chi connectivity index (χ0n) is 13.9. The van der Waals surface area contributed by atoms with Gasteiger partial charge in [-0.15, -0.1) is 0 Å². The highest BCUT2D eigenvalue weighted by atomic mass is 16.5. The molecule has 3 rings (SSSR count). The van der Waals surface area contributed by atoms with E-state index in [1.807, 2.05) is 6.07 Å². The van der Waals surface area contributed by atoms with Gasteiger partial charge < -0.3 is 14.7 Å². The lowest BCUT2D eigenvalue weighted by molar-refractivity contribution is -0.148. The molecule has 1 aromatic carbocycles. The molecule has 0 saturated carbocycles. The number of carbonyl (C=O) groups excluding carboxylic acids is 1. The number of ether oxygens (including phenoxy) is 1. The summed E-state index contributed by atoms with van der Waals surface area (Å²) in [7, 11) is 0. The van der Waals surface area contributed by atoms with Crippen molar-refractivity contribution in [3.8, 4) is 0 Å². The summed E-state index contributed by atoms with van der Waals surface area (Å²) < 4.78 is 5.34. The van der Waals surface area contributed by atoms with Gasteiger partial charge in [0.05, 0.1) is 0 Å². The van der Waals surface area contributed by atoms with E-state index in [2.05, 4.69) is 18.2 Å². The SMILES string of the molecule is O=C(O)CN(C(=O)CC1CCc2ccccc2C1)C1CCOCC1. The number of hydrogen-bond donors (Lipinski definition) is 1. The number of carbonyl (C=O) groups is 2. The quantitative estimate of drug-likeness (QED) is 0.899. The molecule has 1 aliphatic heterocycles. The Morgan fingerprint density at radius 1 is 1.12 bits per heavy atom. The fourth-order valence-electron chi connectivity index (χ4n) is 3.88. The van der Waals surface area contributed by atoms with Gasteiger partial charge in [-0.3, -0.25) is 9.59 Å². The third-order valence-corrected chi connectivity index (χ3v) is 5.17. The van der Waals surface area contributed by atoms with Crippen LogP contribution in [0.5, 0.6) is 0 Å². The Hall–Kier alpha value is -1.88. The molecule has 0 radical (unpaired) electrons. The first kappa shape index (κ1) is 17.0. The number of aryl methyl sites for hydroxylation is 1. The number of amides is 1. The van der Waals surface area contributed by atoms with Gasteiger partial charge >= 0.3 is 5.97 Å². The summed E-state index contributed by atoms with van der Waals surface area (Å²) in [5, 5.41) is 9.17. The monoisotopic (exact) mass is 331 g/mol. The molecule has 1 saturated heterocycles. The Morgan fingerprint density at radius 3 is 2.54 bits per heavy atom. The van der Waals surface area contributed by atoms with E-state index >= 15 is 0 Å². The molecule has 1 unspecified atom stereocenters. The maximum atomic E-state index is 12.8. The van der Waals surface area contributed by atoms with E-state index in [0.29, 0.717) is 25.6 Å². The third-order valence-electron chi connectivity index (χ3n) is 5.17. The number of nitrogens with zero attached hydrogens (tertiary/aromatic N) is 1. The molecule has 24 heavy (non-hydrogen) atoms. The van der Waals surface area contributed by atoms with Crippen molar-refractivity contribution in [3.63, 3.8) is 0 Å². The van der Waals surface area contributed by atoms with E-state index in [4.69, 9.17) is 4.74 Å². The van der Waals surface area contributed by atoms with Gasteiger partial charge in [-0.05, 0) is 49.1 Å². The minimum absolute atomic E-state index is 0.00164. The van der Waals surface area contributed by atoms with Crippen molar-refractivity contribution < 1.29 is 19.4 Å². The predicted molar refractivity (Wildman–Crippen MR) is 89.8 cm³/mol. The number of benzene rings is 1. The molecule has 1 fully saturated rings. The summed E-state index contributed by atoms with van der Waals surface area (Å²) in [5.41, 5.74) is 2.71. The van der Waals surface area contributed by atoms with E-state index < -0.39 is 5.97 Å². The van der Waals surface area contributed by atoms with E-state index in [1.165, 1.54) is 11.1 Å². The molecule has 1 aromatic rings. The van der Waals surface area contributed by atoms with Crippen LogP contribution in [-0.2, 0) is 27.2 Å². The van der Waals surface area contributed by atoms with Crippen molar-refractivity contribution in [3.05, 3.63) is 35.4 Å². The molecule has 1 N–H and O–H groups in total. The summed E-state index contributed by atoms with van der Waals surface area (Å²) in [5.74, 6) is -0.652. The molecule has 0 spiro atoms.